The summed E-state index contributed by atoms with van der Waals surface area (Å²) in [4.78, 5) is 25.9. The van der Waals surface area contributed by atoms with Gasteiger partial charge < -0.3 is 15.1 Å². The van der Waals surface area contributed by atoms with Gasteiger partial charge in [-0.15, -0.1) is 0 Å². The topological polar surface area (TPSA) is 74.6 Å². The Kier molecular flexibility index (Phi) is 4.05. The first-order chi connectivity index (χ1) is 12.5. The van der Waals surface area contributed by atoms with Crippen LogP contribution in [0.5, 0.6) is 0 Å². The second-order valence-corrected chi connectivity index (χ2v) is 6.46. The van der Waals surface area contributed by atoms with Crippen LogP contribution in [0.25, 0.3) is 11.0 Å². The van der Waals surface area contributed by atoms with Gasteiger partial charge in [-0.3, -0.25) is 9.69 Å². The third kappa shape index (κ3) is 2.78. The maximum Gasteiger partial charge on any atom is 0.321 e. The van der Waals surface area contributed by atoms with Gasteiger partial charge in [-0.25, -0.2) is 4.79 Å². The Hall–Kier alpha value is -2.99. The number of carbonyl (C=O) groups is 2. The predicted octanol–water partition coefficient (Wildman–Crippen LogP) is 4.18. The van der Waals surface area contributed by atoms with Crippen molar-refractivity contribution in [2.45, 2.75) is 6.92 Å². The van der Waals surface area contributed by atoms with Gasteiger partial charge in [0, 0.05) is 35.4 Å². The molecule has 4 rings (SSSR count). The Balaban J connectivity index is 1.56. The summed E-state index contributed by atoms with van der Waals surface area (Å²) in [6, 6.07) is 12.4. The molecule has 7 heteroatoms. The van der Waals surface area contributed by atoms with Crippen LogP contribution >= 0.6 is 11.6 Å². The highest BCUT2D eigenvalue weighted by molar-refractivity contribution is 6.35. The maximum atomic E-state index is 12.6. The molecule has 0 bridgehead atoms. The molecule has 1 aliphatic heterocycles. The van der Waals surface area contributed by atoms with Crippen molar-refractivity contribution in [3.05, 3.63) is 58.8 Å². The number of furan rings is 1. The molecule has 0 atom stereocenters. The van der Waals surface area contributed by atoms with E-state index in [1.165, 1.54) is 0 Å². The number of nitrogens with zero attached hydrogens (tertiary/aromatic N) is 1. The first-order valence-electron chi connectivity index (χ1n) is 8.19. The first kappa shape index (κ1) is 16.5. The first-order valence-corrected chi connectivity index (χ1v) is 8.57. The fourth-order valence-corrected chi connectivity index (χ4v) is 3.27. The van der Waals surface area contributed by atoms with Crippen LogP contribution in [0, 0.1) is 6.92 Å². The van der Waals surface area contributed by atoms with E-state index in [0.29, 0.717) is 29.4 Å². The van der Waals surface area contributed by atoms with Crippen molar-refractivity contribution in [3.8, 4) is 0 Å². The average molecular weight is 370 g/mol. The van der Waals surface area contributed by atoms with Crippen LogP contribution in [0.4, 0.5) is 16.2 Å². The van der Waals surface area contributed by atoms with Crippen molar-refractivity contribution < 1.29 is 14.0 Å². The Morgan fingerprint density at radius 1 is 1.23 bits per heavy atom. The summed E-state index contributed by atoms with van der Waals surface area (Å²) in [5.74, 6) is -0.113. The van der Waals surface area contributed by atoms with Crippen LogP contribution in [-0.2, 0) is 0 Å². The summed E-state index contributed by atoms with van der Waals surface area (Å²) >= 11 is 6.14. The molecule has 1 aromatic heterocycles. The Bertz CT molecular complexity index is 1010. The summed E-state index contributed by atoms with van der Waals surface area (Å²) in [6.45, 7) is 3.08. The van der Waals surface area contributed by atoms with E-state index in [-0.39, 0.29) is 17.7 Å². The third-order valence-corrected chi connectivity index (χ3v) is 4.71. The fraction of sp³-hybridized carbons (Fsp3) is 0.158. The van der Waals surface area contributed by atoms with E-state index in [1.54, 1.807) is 35.2 Å². The van der Waals surface area contributed by atoms with Crippen molar-refractivity contribution in [1.82, 2.24) is 5.32 Å². The highest BCUT2D eigenvalue weighted by atomic mass is 35.5. The molecule has 6 nitrogen and oxygen atoms in total. The van der Waals surface area contributed by atoms with Gasteiger partial charge >= 0.3 is 6.03 Å². The highest BCUT2D eigenvalue weighted by Crippen LogP contribution is 2.31. The number of hydrogen-bond donors (Lipinski definition) is 2. The lowest BCUT2D eigenvalue weighted by Crippen LogP contribution is -2.27. The summed E-state index contributed by atoms with van der Waals surface area (Å²) < 4.78 is 5.68. The molecule has 26 heavy (non-hydrogen) atoms. The number of halogens is 1. The van der Waals surface area contributed by atoms with E-state index in [9.17, 15) is 9.59 Å². The smallest absolute Gasteiger partial charge is 0.321 e. The number of benzene rings is 2. The summed E-state index contributed by atoms with van der Waals surface area (Å²) in [5.41, 5.74) is 2.64. The van der Waals surface area contributed by atoms with Gasteiger partial charge in [-0.05, 0) is 37.3 Å². The largest absolute Gasteiger partial charge is 0.449 e. The molecule has 1 saturated heterocycles. The Morgan fingerprint density at radius 2 is 2.00 bits per heavy atom. The van der Waals surface area contributed by atoms with Crippen LogP contribution in [0.15, 0.2) is 46.9 Å². The molecular formula is C19H16ClN3O3. The lowest BCUT2D eigenvalue weighted by atomic mass is 10.1. The van der Waals surface area contributed by atoms with Crippen molar-refractivity contribution in [3.63, 3.8) is 0 Å². The zero-order valence-electron chi connectivity index (χ0n) is 14.0. The number of urea groups is 1. The van der Waals surface area contributed by atoms with E-state index in [0.717, 1.165) is 16.6 Å². The summed E-state index contributed by atoms with van der Waals surface area (Å²) in [7, 11) is 0. The number of carbonyl (C=O) groups excluding carboxylic acids is 2. The lowest BCUT2D eigenvalue weighted by molar-refractivity contribution is 0.0998. The second-order valence-electron chi connectivity index (χ2n) is 6.06. The number of para-hydroxylation sites is 1. The number of fused-ring (bicyclic) bond motifs is 1. The molecule has 1 aliphatic rings. The SMILES string of the molecule is Cc1c(C(=O)Nc2ccc(N3CCNC3=O)cc2)oc2c(Cl)cccc12. The summed E-state index contributed by atoms with van der Waals surface area (Å²) in [6.07, 6.45) is 0. The zero-order chi connectivity index (χ0) is 18.3. The third-order valence-electron chi connectivity index (χ3n) is 4.42. The number of amides is 3. The number of anilines is 2. The highest BCUT2D eigenvalue weighted by Gasteiger charge is 2.22. The molecule has 132 valence electrons. The minimum Gasteiger partial charge on any atom is -0.449 e. The van der Waals surface area contributed by atoms with Crippen molar-refractivity contribution in [2.24, 2.45) is 0 Å². The summed E-state index contributed by atoms with van der Waals surface area (Å²) in [5, 5.41) is 6.86. The molecule has 2 aromatic carbocycles. The van der Waals surface area contributed by atoms with Gasteiger partial charge in [-0.1, -0.05) is 23.7 Å². The molecule has 0 spiro atoms. The molecule has 0 saturated carbocycles. The van der Waals surface area contributed by atoms with Gasteiger partial charge in [0.1, 0.15) is 0 Å². The molecule has 0 aliphatic carbocycles. The van der Waals surface area contributed by atoms with Gasteiger partial charge in [-0.2, -0.15) is 0 Å². The van der Waals surface area contributed by atoms with Crippen LogP contribution in [-0.4, -0.2) is 25.0 Å². The molecule has 0 radical (unpaired) electrons. The number of hydrogen-bond acceptors (Lipinski definition) is 3. The number of aryl methyl sites for hydroxylation is 1. The molecule has 3 amide bonds. The van der Waals surface area contributed by atoms with Crippen molar-refractivity contribution in [2.75, 3.05) is 23.3 Å². The van der Waals surface area contributed by atoms with Crippen LogP contribution < -0.4 is 15.5 Å². The molecule has 0 unspecified atom stereocenters. The zero-order valence-corrected chi connectivity index (χ0v) is 14.8. The van der Waals surface area contributed by atoms with E-state index in [2.05, 4.69) is 10.6 Å². The monoisotopic (exact) mass is 369 g/mol. The molecular weight excluding hydrogens is 354 g/mol. The number of rotatable bonds is 3. The molecule has 3 aromatic rings. The van der Waals surface area contributed by atoms with E-state index in [4.69, 9.17) is 16.0 Å². The minimum absolute atomic E-state index is 0.114. The normalized spacial score (nSPS) is 13.9. The predicted molar refractivity (Wildman–Crippen MR) is 101 cm³/mol. The van der Waals surface area contributed by atoms with E-state index >= 15 is 0 Å². The standard InChI is InChI=1S/C19H16ClN3O3/c1-11-14-3-2-4-15(20)17(14)26-16(11)18(24)22-12-5-7-13(8-6-12)23-10-9-21-19(23)25/h2-8H,9-10H2,1H3,(H,21,25)(H,22,24). The van der Waals surface area contributed by atoms with E-state index in [1.807, 2.05) is 19.1 Å². The van der Waals surface area contributed by atoms with Crippen LogP contribution in [0.2, 0.25) is 5.02 Å². The quantitative estimate of drug-likeness (QED) is 0.727. The average Bonchev–Trinajstić information content (AvgIpc) is 3.21. The molecule has 2 heterocycles. The van der Waals surface area contributed by atoms with Gasteiger partial charge in [0.05, 0.1) is 5.02 Å². The van der Waals surface area contributed by atoms with Crippen LogP contribution in [0.1, 0.15) is 16.1 Å². The van der Waals surface area contributed by atoms with Crippen molar-refractivity contribution >= 4 is 45.9 Å². The van der Waals surface area contributed by atoms with E-state index < -0.39 is 0 Å². The lowest BCUT2D eigenvalue weighted by Gasteiger charge is -2.14. The van der Waals surface area contributed by atoms with Crippen LogP contribution in [0.3, 0.4) is 0 Å². The Labute approximate surface area is 154 Å². The van der Waals surface area contributed by atoms with Gasteiger partial charge in [0.2, 0.25) is 0 Å². The van der Waals surface area contributed by atoms with Gasteiger partial charge in [0.15, 0.2) is 11.3 Å². The Morgan fingerprint density at radius 3 is 2.65 bits per heavy atom. The number of nitrogens with one attached hydrogen (secondary N) is 2. The fourth-order valence-electron chi connectivity index (χ4n) is 3.06. The van der Waals surface area contributed by atoms with Crippen molar-refractivity contribution in [1.29, 1.82) is 0 Å². The minimum atomic E-state index is -0.346. The molecule has 1 fully saturated rings. The molecule has 2 N–H and O–H groups in total. The van der Waals surface area contributed by atoms with Gasteiger partial charge in [0.25, 0.3) is 5.91 Å². The second kappa shape index (κ2) is 6.38. The maximum absolute atomic E-state index is 12.6.